The average Bonchev–Trinajstić information content (AvgIpc) is 3.05. The molecule has 6 heteroatoms. The zero-order chi connectivity index (χ0) is 15.0. The first kappa shape index (κ1) is 14.0. The Morgan fingerprint density at radius 3 is 2.90 bits per heavy atom. The molecule has 0 saturated heterocycles. The summed E-state index contributed by atoms with van der Waals surface area (Å²) in [7, 11) is 0. The van der Waals surface area contributed by atoms with Crippen molar-refractivity contribution in [1.82, 2.24) is 9.97 Å². The maximum Gasteiger partial charge on any atom is 0.339 e. The molecule has 2 N–H and O–H groups in total. The highest BCUT2D eigenvalue weighted by Crippen LogP contribution is 2.28. The van der Waals surface area contributed by atoms with Crippen LogP contribution in [0.25, 0.3) is 0 Å². The average molecular weight is 303 g/mol. The van der Waals surface area contributed by atoms with E-state index in [1.54, 1.807) is 17.4 Å². The lowest BCUT2D eigenvalue weighted by molar-refractivity contribution is 0.0697. The number of fused-ring (bicyclic) bond motifs is 1. The van der Waals surface area contributed by atoms with Gasteiger partial charge in [-0.2, -0.15) is 0 Å². The highest BCUT2D eigenvalue weighted by atomic mass is 32.1. The molecule has 0 bridgehead atoms. The van der Waals surface area contributed by atoms with Gasteiger partial charge in [-0.3, -0.25) is 0 Å². The van der Waals surface area contributed by atoms with E-state index < -0.39 is 5.97 Å². The number of aromatic carboxylic acids is 1. The Balaban J connectivity index is 1.92. The number of aromatic nitrogens is 2. The Morgan fingerprint density at radius 2 is 2.24 bits per heavy atom. The van der Waals surface area contributed by atoms with Crippen molar-refractivity contribution in [3.8, 4) is 0 Å². The molecule has 1 unspecified atom stereocenters. The predicted octanol–water partition coefficient (Wildman–Crippen LogP) is 3.21. The Bertz CT molecular complexity index is 696. The van der Waals surface area contributed by atoms with E-state index in [-0.39, 0.29) is 11.6 Å². The first-order chi connectivity index (χ1) is 10.0. The van der Waals surface area contributed by atoms with Gasteiger partial charge in [0.05, 0.1) is 6.04 Å². The number of hydrogen-bond donors (Lipinski definition) is 2. The Morgan fingerprint density at radius 1 is 1.43 bits per heavy atom. The molecule has 0 amide bonds. The number of nitrogens with zero attached hydrogens (tertiary/aromatic N) is 2. The molecule has 2 aromatic rings. The van der Waals surface area contributed by atoms with Crippen molar-refractivity contribution in [2.45, 2.75) is 39.2 Å². The number of carboxylic acid groups (broad SMARTS) is 1. The second-order valence-corrected chi connectivity index (χ2v) is 6.23. The molecular weight excluding hydrogens is 286 g/mol. The minimum Gasteiger partial charge on any atom is -0.478 e. The van der Waals surface area contributed by atoms with E-state index in [9.17, 15) is 9.90 Å². The number of pyridine rings is 1. The monoisotopic (exact) mass is 303 g/mol. The van der Waals surface area contributed by atoms with Crippen LogP contribution in [0.5, 0.6) is 0 Å². The van der Waals surface area contributed by atoms with Crippen molar-refractivity contribution < 1.29 is 9.90 Å². The van der Waals surface area contributed by atoms with Gasteiger partial charge in [-0.1, -0.05) is 0 Å². The standard InChI is InChI=1S/C15H17N3O2S/c1-8-7-21-14(16-8)9(2)17-13-11(15(19)20)6-10-4-3-5-12(10)18-13/h6-7,9H,3-5H2,1-2H3,(H,17,18)(H,19,20). The summed E-state index contributed by atoms with van der Waals surface area (Å²) in [5, 5.41) is 15.5. The van der Waals surface area contributed by atoms with Gasteiger partial charge in [0.2, 0.25) is 0 Å². The quantitative estimate of drug-likeness (QED) is 0.907. The smallest absolute Gasteiger partial charge is 0.339 e. The molecule has 21 heavy (non-hydrogen) atoms. The van der Waals surface area contributed by atoms with E-state index in [4.69, 9.17) is 0 Å². The Kier molecular flexibility index (Phi) is 3.63. The second kappa shape index (κ2) is 5.44. The molecule has 0 aliphatic heterocycles. The van der Waals surface area contributed by atoms with Crippen LogP contribution in [0.15, 0.2) is 11.4 Å². The molecule has 0 fully saturated rings. The van der Waals surface area contributed by atoms with E-state index in [2.05, 4.69) is 15.3 Å². The minimum atomic E-state index is -0.942. The van der Waals surface area contributed by atoms with E-state index in [0.29, 0.717) is 5.82 Å². The molecule has 0 radical (unpaired) electrons. The molecule has 110 valence electrons. The van der Waals surface area contributed by atoms with E-state index in [0.717, 1.165) is 41.2 Å². The molecule has 5 nitrogen and oxygen atoms in total. The minimum absolute atomic E-state index is 0.0613. The van der Waals surface area contributed by atoms with Gasteiger partial charge in [0.1, 0.15) is 16.4 Å². The van der Waals surface area contributed by atoms with Gasteiger partial charge >= 0.3 is 5.97 Å². The number of nitrogens with one attached hydrogen (secondary N) is 1. The highest BCUT2D eigenvalue weighted by Gasteiger charge is 2.21. The Hall–Kier alpha value is -1.95. The first-order valence-corrected chi connectivity index (χ1v) is 7.87. The summed E-state index contributed by atoms with van der Waals surface area (Å²) in [4.78, 5) is 20.4. The number of anilines is 1. The molecule has 2 aromatic heterocycles. The summed E-state index contributed by atoms with van der Waals surface area (Å²) in [5.41, 5.74) is 3.31. The number of thiazole rings is 1. The summed E-state index contributed by atoms with van der Waals surface area (Å²) in [6.07, 6.45) is 2.89. The maximum atomic E-state index is 11.5. The fourth-order valence-corrected chi connectivity index (χ4v) is 3.39. The fraction of sp³-hybridized carbons (Fsp3) is 0.400. The number of rotatable bonds is 4. The lowest BCUT2D eigenvalue weighted by Crippen LogP contribution is -2.13. The van der Waals surface area contributed by atoms with Crippen LogP contribution in [0.4, 0.5) is 5.82 Å². The van der Waals surface area contributed by atoms with Crippen LogP contribution in [0.3, 0.4) is 0 Å². The van der Waals surface area contributed by atoms with Crippen LogP contribution >= 0.6 is 11.3 Å². The third kappa shape index (κ3) is 2.76. The molecule has 0 aromatic carbocycles. The first-order valence-electron chi connectivity index (χ1n) is 6.99. The highest BCUT2D eigenvalue weighted by molar-refractivity contribution is 7.09. The van der Waals surface area contributed by atoms with E-state index >= 15 is 0 Å². The molecule has 1 atom stereocenters. The summed E-state index contributed by atoms with van der Waals surface area (Å²) in [6, 6.07) is 1.70. The van der Waals surface area contributed by atoms with Crippen molar-refractivity contribution in [2.24, 2.45) is 0 Å². The third-order valence-electron chi connectivity index (χ3n) is 3.64. The SMILES string of the molecule is Cc1csc(C(C)Nc2nc3c(cc2C(=O)O)CCC3)n1. The largest absolute Gasteiger partial charge is 0.478 e. The molecule has 3 rings (SSSR count). The number of carbonyl (C=O) groups is 1. The van der Waals surface area contributed by atoms with Crippen molar-refractivity contribution in [2.75, 3.05) is 5.32 Å². The summed E-state index contributed by atoms with van der Waals surface area (Å²) in [6.45, 7) is 3.92. The van der Waals surface area contributed by atoms with E-state index in [1.165, 1.54) is 0 Å². The van der Waals surface area contributed by atoms with Gasteiger partial charge in [-0.15, -0.1) is 11.3 Å². The lowest BCUT2D eigenvalue weighted by atomic mass is 10.1. The zero-order valence-electron chi connectivity index (χ0n) is 12.0. The fourth-order valence-electron chi connectivity index (χ4n) is 2.58. The molecule has 0 spiro atoms. The van der Waals surface area contributed by atoms with Crippen LogP contribution < -0.4 is 5.32 Å². The van der Waals surface area contributed by atoms with Gasteiger partial charge in [0.25, 0.3) is 0 Å². The maximum absolute atomic E-state index is 11.5. The lowest BCUT2D eigenvalue weighted by Gasteiger charge is -2.15. The third-order valence-corrected chi connectivity index (χ3v) is 4.79. The van der Waals surface area contributed by atoms with Crippen molar-refractivity contribution in [3.63, 3.8) is 0 Å². The van der Waals surface area contributed by atoms with Crippen LogP contribution in [-0.4, -0.2) is 21.0 Å². The normalized spacial score (nSPS) is 14.8. The van der Waals surface area contributed by atoms with Crippen LogP contribution in [-0.2, 0) is 12.8 Å². The molecule has 1 aliphatic carbocycles. The Labute approximate surface area is 127 Å². The summed E-state index contributed by atoms with van der Waals surface area (Å²) < 4.78 is 0. The van der Waals surface area contributed by atoms with E-state index in [1.807, 2.05) is 19.2 Å². The summed E-state index contributed by atoms with van der Waals surface area (Å²) >= 11 is 1.57. The number of carboxylic acids is 1. The van der Waals surface area contributed by atoms with Crippen LogP contribution in [0.2, 0.25) is 0 Å². The van der Waals surface area contributed by atoms with Gasteiger partial charge in [-0.05, 0) is 44.7 Å². The van der Waals surface area contributed by atoms with Crippen LogP contribution in [0.1, 0.15) is 51.7 Å². The predicted molar refractivity (Wildman–Crippen MR) is 82.1 cm³/mol. The number of hydrogen-bond acceptors (Lipinski definition) is 5. The molecular formula is C15H17N3O2S. The topological polar surface area (TPSA) is 75.1 Å². The zero-order valence-corrected chi connectivity index (χ0v) is 12.8. The van der Waals surface area contributed by atoms with Crippen molar-refractivity contribution >= 4 is 23.1 Å². The van der Waals surface area contributed by atoms with Crippen LogP contribution in [0, 0.1) is 6.92 Å². The molecule has 0 saturated carbocycles. The van der Waals surface area contributed by atoms with Gasteiger partial charge in [0.15, 0.2) is 0 Å². The van der Waals surface area contributed by atoms with Gasteiger partial charge in [0, 0.05) is 16.8 Å². The molecule has 2 heterocycles. The molecule has 1 aliphatic rings. The summed E-state index contributed by atoms with van der Waals surface area (Å²) in [5.74, 6) is -0.495. The second-order valence-electron chi connectivity index (χ2n) is 5.34. The number of aryl methyl sites for hydroxylation is 3. The van der Waals surface area contributed by atoms with Crippen molar-refractivity contribution in [3.05, 3.63) is 39.0 Å². The van der Waals surface area contributed by atoms with Crippen molar-refractivity contribution in [1.29, 1.82) is 0 Å². The van der Waals surface area contributed by atoms with Gasteiger partial charge in [-0.25, -0.2) is 14.8 Å². The van der Waals surface area contributed by atoms with Gasteiger partial charge < -0.3 is 10.4 Å².